The Morgan fingerprint density at radius 2 is 1.55 bits per heavy atom. The first kappa shape index (κ1) is 15.8. The van der Waals surface area contributed by atoms with Gasteiger partial charge in [-0.3, -0.25) is 0 Å². The number of aromatic carboxylic acids is 1. The van der Waals surface area contributed by atoms with Crippen LogP contribution < -0.4 is 4.74 Å². The number of benzene rings is 2. The maximum absolute atomic E-state index is 12.1. The van der Waals surface area contributed by atoms with Crippen molar-refractivity contribution in [1.29, 1.82) is 0 Å². The van der Waals surface area contributed by atoms with Crippen LogP contribution in [0.1, 0.15) is 47.1 Å². The predicted octanol–water partition coefficient (Wildman–Crippen LogP) is 3.90. The second-order valence-corrected chi connectivity index (χ2v) is 6.05. The molecular formula is C18H18O4. The average molecular weight is 298 g/mol. The van der Waals surface area contributed by atoms with E-state index in [1.165, 1.54) is 24.3 Å². The summed E-state index contributed by atoms with van der Waals surface area (Å²) >= 11 is 0. The Morgan fingerprint density at radius 1 is 0.955 bits per heavy atom. The van der Waals surface area contributed by atoms with E-state index in [1.54, 1.807) is 6.07 Å². The lowest BCUT2D eigenvalue weighted by Gasteiger charge is -2.19. The standard InChI is InChI=1S/C18H18O4/c1-18(2,3)14-5-4-6-15(11-14)22-17(21)13-9-7-12(8-10-13)16(19)20/h4-11H,1-3H3,(H,19,20). The Hall–Kier alpha value is -2.62. The highest BCUT2D eigenvalue weighted by atomic mass is 16.5. The van der Waals surface area contributed by atoms with Crippen molar-refractivity contribution in [2.75, 3.05) is 0 Å². The second-order valence-electron chi connectivity index (χ2n) is 6.05. The number of carbonyl (C=O) groups is 2. The van der Waals surface area contributed by atoms with Crippen LogP contribution in [0.4, 0.5) is 0 Å². The Labute approximate surface area is 129 Å². The molecule has 0 heterocycles. The third-order valence-corrected chi connectivity index (χ3v) is 3.28. The highest BCUT2D eigenvalue weighted by Gasteiger charge is 2.15. The Balaban J connectivity index is 2.17. The fraction of sp³-hybridized carbons (Fsp3) is 0.222. The highest BCUT2D eigenvalue weighted by molar-refractivity contribution is 5.93. The van der Waals surface area contributed by atoms with Crippen LogP contribution in [0.15, 0.2) is 48.5 Å². The summed E-state index contributed by atoms with van der Waals surface area (Å²) in [6, 6.07) is 13.0. The average Bonchev–Trinajstić information content (AvgIpc) is 2.46. The second kappa shape index (κ2) is 6.02. The van der Waals surface area contributed by atoms with Crippen LogP contribution >= 0.6 is 0 Å². The molecule has 22 heavy (non-hydrogen) atoms. The fourth-order valence-electron chi connectivity index (χ4n) is 1.94. The monoisotopic (exact) mass is 298 g/mol. The largest absolute Gasteiger partial charge is 0.478 e. The molecule has 2 aromatic carbocycles. The lowest BCUT2D eigenvalue weighted by Crippen LogP contribution is -2.13. The molecule has 0 spiro atoms. The van der Waals surface area contributed by atoms with E-state index >= 15 is 0 Å². The number of hydrogen-bond acceptors (Lipinski definition) is 3. The maximum atomic E-state index is 12.1. The minimum absolute atomic E-state index is 0.0362. The maximum Gasteiger partial charge on any atom is 0.343 e. The molecule has 1 N–H and O–H groups in total. The first-order valence-electron chi connectivity index (χ1n) is 6.93. The number of carbonyl (C=O) groups excluding carboxylic acids is 1. The van der Waals surface area contributed by atoms with Crippen LogP contribution in [0, 0.1) is 0 Å². The van der Waals surface area contributed by atoms with Gasteiger partial charge in [0.05, 0.1) is 11.1 Å². The number of carboxylic acid groups (broad SMARTS) is 1. The quantitative estimate of drug-likeness (QED) is 0.689. The van der Waals surface area contributed by atoms with Gasteiger partial charge in [-0.1, -0.05) is 32.9 Å². The number of rotatable bonds is 3. The summed E-state index contributed by atoms with van der Waals surface area (Å²) in [5.41, 5.74) is 1.47. The molecule has 114 valence electrons. The van der Waals surface area contributed by atoms with E-state index in [0.717, 1.165) is 5.56 Å². The molecule has 0 fully saturated rings. The molecule has 4 nitrogen and oxygen atoms in total. The van der Waals surface area contributed by atoms with Crippen molar-refractivity contribution < 1.29 is 19.4 Å². The van der Waals surface area contributed by atoms with Gasteiger partial charge in [0.25, 0.3) is 0 Å². The topological polar surface area (TPSA) is 63.6 Å². The molecule has 0 aliphatic heterocycles. The molecule has 0 saturated heterocycles. The van der Waals surface area contributed by atoms with Gasteiger partial charge in [0, 0.05) is 0 Å². The van der Waals surface area contributed by atoms with Gasteiger partial charge in [-0.25, -0.2) is 9.59 Å². The van der Waals surface area contributed by atoms with Gasteiger partial charge in [-0.15, -0.1) is 0 Å². The zero-order chi connectivity index (χ0) is 16.3. The van der Waals surface area contributed by atoms with Gasteiger partial charge in [0.15, 0.2) is 0 Å². The van der Waals surface area contributed by atoms with Crippen molar-refractivity contribution >= 4 is 11.9 Å². The van der Waals surface area contributed by atoms with E-state index in [2.05, 4.69) is 20.8 Å². The minimum Gasteiger partial charge on any atom is -0.478 e. The van der Waals surface area contributed by atoms with Crippen LogP contribution in [0.3, 0.4) is 0 Å². The Bertz CT molecular complexity index is 694. The van der Waals surface area contributed by atoms with E-state index < -0.39 is 11.9 Å². The number of carboxylic acids is 1. The first-order chi connectivity index (χ1) is 10.3. The van der Waals surface area contributed by atoms with Crippen LogP contribution in [0.2, 0.25) is 0 Å². The summed E-state index contributed by atoms with van der Waals surface area (Å²) in [4.78, 5) is 22.9. The molecule has 0 saturated carbocycles. The van der Waals surface area contributed by atoms with Crippen LogP contribution in [-0.4, -0.2) is 17.0 Å². The molecule has 0 aliphatic carbocycles. The third kappa shape index (κ3) is 3.73. The van der Waals surface area contributed by atoms with Crippen molar-refractivity contribution in [3.63, 3.8) is 0 Å². The van der Waals surface area contributed by atoms with Crippen molar-refractivity contribution in [2.45, 2.75) is 26.2 Å². The van der Waals surface area contributed by atoms with Crippen molar-refractivity contribution in [1.82, 2.24) is 0 Å². The normalized spacial score (nSPS) is 11.0. The summed E-state index contributed by atoms with van der Waals surface area (Å²) in [5, 5.41) is 8.84. The Kier molecular flexibility index (Phi) is 4.31. The Morgan fingerprint density at radius 3 is 2.09 bits per heavy atom. The summed E-state index contributed by atoms with van der Waals surface area (Å²) < 4.78 is 5.35. The smallest absolute Gasteiger partial charge is 0.343 e. The van der Waals surface area contributed by atoms with Gasteiger partial charge in [0.1, 0.15) is 5.75 Å². The van der Waals surface area contributed by atoms with E-state index in [1.807, 2.05) is 18.2 Å². The molecule has 0 bridgehead atoms. The van der Waals surface area contributed by atoms with Gasteiger partial charge in [-0.2, -0.15) is 0 Å². The SMILES string of the molecule is CC(C)(C)c1cccc(OC(=O)c2ccc(C(=O)O)cc2)c1. The predicted molar refractivity (Wildman–Crippen MR) is 83.5 cm³/mol. The lowest BCUT2D eigenvalue weighted by molar-refractivity contribution is 0.0691. The number of ether oxygens (including phenoxy) is 1. The van der Waals surface area contributed by atoms with Crippen LogP contribution in [0.5, 0.6) is 5.75 Å². The van der Waals surface area contributed by atoms with Crippen LogP contribution in [0.25, 0.3) is 0 Å². The van der Waals surface area contributed by atoms with E-state index in [9.17, 15) is 9.59 Å². The summed E-state index contributed by atoms with van der Waals surface area (Å²) in [7, 11) is 0. The first-order valence-corrected chi connectivity index (χ1v) is 6.93. The molecule has 0 amide bonds. The molecular weight excluding hydrogens is 280 g/mol. The zero-order valence-corrected chi connectivity index (χ0v) is 12.8. The van der Waals surface area contributed by atoms with Crippen molar-refractivity contribution in [3.05, 3.63) is 65.2 Å². The number of hydrogen-bond donors (Lipinski definition) is 1. The zero-order valence-electron chi connectivity index (χ0n) is 12.8. The van der Waals surface area contributed by atoms with E-state index in [0.29, 0.717) is 11.3 Å². The fourth-order valence-corrected chi connectivity index (χ4v) is 1.94. The van der Waals surface area contributed by atoms with E-state index in [4.69, 9.17) is 9.84 Å². The lowest BCUT2D eigenvalue weighted by atomic mass is 9.87. The summed E-state index contributed by atoms with van der Waals surface area (Å²) in [5.74, 6) is -1.07. The van der Waals surface area contributed by atoms with Crippen molar-refractivity contribution in [2.24, 2.45) is 0 Å². The third-order valence-electron chi connectivity index (χ3n) is 3.28. The summed E-state index contributed by atoms with van der Waals surface area (Å²) in [6.45, 7) is 6.25. The van der Waals surface area contributed by atoms with Gasteiger partial charge < -0.3 is 9.84 Å². The van der Waals surface area contributed by atoms with Crippen LogP contribution in [-0.2, 0) is 5.41 Å². The van der Waals surface area contributed by atoms with Gasteiger partial charge in [-0.05, 0) is 47.4 Å². The molecule has 0 aromatic heterocycles. The van der Waals surface area contributed by atoms with E-state index in [-0.39, 0.29) is 11.0 Å². The highest BCUT2D eigenvalue weighted by Crippen LogP contribution is 2.26. The molecule has 0 atom stereocenters. The van der Waals surface area contributed by atoms with Gasteiger partial charge >= 0.3 is 11.9 Å². The molecule has 2 rings (SSSR count). The van der Waals surface area contributed by atoms with Gasteiger partial charge in [0.2, 0.25) is 0 Å². The molecule has 2 aromatic rings. The molecule has 0 unspecified atom stereocenters. The van der Waals surface area contributed by atoms with Crippen molar-refractivity contribution in [3.8, 4) is 5.75 Å². The minimum atomic E-state index is -1.03. The molecule has 4 heteroatoms. The summed E-state index contributed by atoms with van der Waals surface area (Å²) in [6.07, 6.45) is 0. The number of esters is 1. The molecule has 0 aliphatic rings. The molecule has 0 radical (unpaired) electrons.